The second kappa shape index (κ2) is 12.1. The normalized spacial score (nSPS) is 18.4. The molecule has 2 fully saturated rings. The number of thioether (sulfide) groups is 1. The van der Waals surface area contributed by atoms with Gasteiger partial charge in [-0.15, -0.1) is 0 Å². The Morgan fingerprint density at radius 3 is 2.60 bits per heavy atom. The summed E-state index contributed by atoms with van der Waals surface area (Å²) in [5, 5.41) is 9.25. The van der Waals surface area contributed by atoms with E-state index in [1.807, 2.05) is 12.1 Å². The van der Waals surface area contributed by atoms with Crippen LogP contribution in [0.3, 0.4) is 0 Å². The predicted molar refractivity (Wildman–Crippen MR) is 146 cm³/mol. The number of rotatable bonds is 10. The molecule has 8 nitrogen and oxygen atoms in total. The molecule has 188 valence electrons. The fraction of sp³-hybridized carbons (Fsp3) is 0.520. The maximum Gasteiger partial charge on any atom is 0.267 e. The highest BCUT2D eigenvalue weighted by atomic mass is 32.2. The van der Waals surface area contributed by atoms with Crippen molar-refractivity contribution < 1.29 is 9.90 Å². The minimum atomic E-state index is -0.201. The van der Waals surface area contributed by atoms with Crippen LogP contribution in [0.4, 0.5) is 5.82 Å². The number of piperazine rings is 1. The molecule has 35 heavy (non-hydrogen) atoms. The summed E-state index contributed by atoms with van der Waals surface area (Å²) in [5.74, 6) is 0.460. The molecule has 2 aliphatic heterocycles. The summed E-state index contributed by atoms with van der Waals surface area (Å²) in [5.41, 5.74) is 0.781. The molecule has 4 rings (SSSR count). The Bertz CT molecular complexity index is 1160. The van der Waals surface area contributed by atoms with Gasteiger partial charge in [-0.05, 0) is 24.6 Å². The lowest BCUT2D eigenvalue weighted by Gasteiger charge is -2.35. The first kappa shape index (κ1) is 25.8. The highest BCUT2D eigenvalue weighted by Gasteiger charge is 2.32. The molecule has 2 saturated heterocycles. The maximum absolute atomic E-state index is 13.5. The molecule has 0 unspecified atom stereocenters. The van der Waals surface area contributed by atoms with E-state index in [2.05, 4.69) is 16.7 Å². The average molecular weight is 516 g/mol. The second-order valence-corrected chi connectivity index (χ2v) is 10.6. The van der Waals surface area contributed by atoms with Crippen LogP contribution in [-0.2, 0) is 4.79 Å². The van der Waals surface area contributed by atoms with Gasteiger partial charge in [-0.2, -0.15) is 0 Å². The number of anilines is 1. The topological polar surface area (TPSA) is 81.4 Å². The van der Waals surface area contributed by atoms with Crippen molar-refractivity contribution in [1.82, 2.24) is 19.2 Å². The molecule has 0 saturated carbocycles. The van der Waals surface area contributed by atoms with E-state index in [9.17, 15) is 14.7 Å². The van der Waals surface area contributed by atoms with Crippen LogP contribution in [0.2, 0.25) is 0 Å². The van der Waals surface area contributed by atoms with Crippen LogP contribution >= 0.6 is 24.0 Å². The van der Waals surface area contributed by atoms with Crippen molar-refractivity contribution in [1.29, 1.82) is 0 Å². The first-order valence-electron chi connectivity index (χ1n) is 12.4. The number of carbonyl (C=O) groups excluding carboxylic acids is 1. The number of aliphatic hydroxyl groups is 1. The Morgan fingerprint density at radius 1 is 1.09 bits per heavy atom. The van der Waals surface area contributed by atoms with E-state index < -0.39 is 0 Å². The molecule has 2 aromatic heterocycles. The van der Waals surface area contributed by atoms with Gasteiger partial charge in [-0.1, -0.05) is 62.7 Å². The van der Waals surface area contributed by atoms with Crippen LogP contribution in [0.15, 0.2) is 34.1 Å². The van der Waals surface area contributed by atoms with Crippen LogP contribution in [0.1, 0.15) is 44.6 Å². The summed E-state index contributed by atoms with van der Waals surface area (Å²) < 4.78 is 2.07. The number of hydrogen-bond donors (Lipinski definition) is 1. The van der Waals surface area contributed by atoms with Gasteiger partial charge in [0, 0.05) is 45.5 Å². The number of unbranched alkanes of at least 4 members (excludes halogenated alkanes) is 4. The maximum atomic E-state index is 13.5. The molecular weight excluding hydrogens is 482 g/mol. The zero-order valence-corrected chi connectivity index (χ0v) is 21.8. The van der Waals surface area contributed by atoms with Crippen LogP contribution in [-0.4, -0.2) is 80.4 Å². The van der Waals surface area contributed by atoms with Crippen molar-refractivity contribution in [3.8, 4) is 0 Å². The summed E-state index contributed by atoms with van der Waals surface area (Å²) in [6.07, 6.45) is 8.92. The van der Waals surface area contributed by atoms with E-state index in [0.717, 1.165) is 32.4 Å². The molecule has 1 amide bonds. The van der Waals surface area contributed by atoms with Crippen molar-refractivity contribution in [3.05, 3.63) is 45.2 Å². The van der Waals surface area contributed by atoms with Crippen molar-refractivity contribution in [2.24, 2.45) is 0 Å². The monoisotopic (exact) mass is 515 g/mol. The zero-order valence-electron chi connectivity index (χ0n) is 20.2. The lowest BCUT2D eigenvalue weighted by Crippen LogP contribution is -2.48. The highest BCUT2D eigenvalue weighted by molar-refractivity contribution is 8.26. The fourth-order valence-electron chi connectivity index (χ4n) is 4.48. The summed E-state index contributed by atoms with van der Waals surface area (Å²) in [4.78, 5) is 38.0. The molecule has 2 aromatic rings. The minimum Gasteiger partial charge on any atom is -0.395 e. The predicted octanol–water partition coefficient (Wildman–Crippen LogP) is 2.98. The van der Waals surface area contributed by atoms with Crippen LogP contribution < -0.4 is 10.5 Å². The number of aromatic nitrogens is 2. The molecule has 0 atom stereocenters. The summed E-state index contributed by atoms with van der Waals surface area (Å²) in [6.45, 7) is 6.48. The Labute approximate surface area is 215 Å². The number of hydrogen-bond acceptors (Lipinski definition) is 8. The van der Waals surface area contributed by atoms with Gasteiger partial charge in [-0.25, -0.2) is 4.98 Å². The quantitative estimate of drug-likeness (QED) is 0.294. The van der Waals surface area contributed by atoms with E-state index >= 15 is 0 Å². The molecule has 0 radical (unpaired) electrons. The fourth-order valence-corrected chi connectivity index (χ4v) is 5.77. The summed E-state index contributed by atoms with van der Waals surface area (Å²) in [6, 6.07) is 5.47. The standard InChI is InChI=1S/C25H33N5O3S2/c1-2-3-4-5-7-11-30-24(33)20(35-25(30)34)18-19-22(28-14-12-27(13-15-28)16-17-31)26-21-9-6-8-10-29(21)23(19)32/h6,8-10,18,31H,2-5,7,11-17H2,1H3/b20-18+. The molecule has 0 bridgehead atoms. The molecule has 0 aromatic carbocycles. The third kappa shape index (κ3) is 5.94. The Hall–Kier alpha value is -2.27. The number of fused-ring (bicyclic) bond motifs is 1. The van der Waals surface area contributed by atoms with Crippen molar-refractivity contribution in [2.45, 2.75) is 39.0 Å². The second-order valence-electron chi connectivity index (χ2n) is 8.88. The Balaban J connectivity index is 1.62. The first-order chi connectivity index (χ1) is 17.0. The van der Waals surface area contributed by atoms with E-state index in [1.54, 1.807) is 23.2 Å². The van der Waals surface area contributed by atoms with Gasteiger partial charge in [0.15, 0.2) is 0 Å². The molecule has 0 spiro atoms. The van der Waals surface area contributed by atoms with E-state index in [4.69, 9.17) is 17.2 Å². The lowest BCUT2D eigenvalue weighted by atomic mass is 10.1. The molecule has 2 aliphatic rings. The smallest absolute Gasteiger partial charge is 0.267 e. The van der Waals surface area contributed by atoms with Gasteiger partial charge in [0.1, 0.15) is 15.8 Å². The first-order valence-corrected chi connectivity index (χ1v) is 13.6. The van der Waals surface area contributed by atoms with Crippen molar-refractivity contribution in [3.63, 3.8) is 0 Å². The van der Waals surface area contributed by atoms with Crippen LogP contribution in [0, 0.1) is 0 Å². The summed E-state index contributed by atoms with van der Waals surface area (Å²) >= 11 is 6.77. The van der Waals surface area contributed by atoms with Gasteiger partial charge in [0.25, 0.3) is 11.5 Å². The number of nitrogens with zero attached hydrogens (tertiary/aromatic N) is 5. The SMILES string of the molecule is CCCCCCCN1C(=O)/C(=C\c2c(N3CCN(CCO)CC3)nc3ccccn3c2=O)SC1=S. The number of β-amino-alcohol motifs (C(OH)–C–C–N with tert-alkyl or cyclic N) is 1. The van der Waals surface area contributed by atoms with Gasteiger partial charge in [0.2, 0.25) is 0 Å². The molecule has 4 heterocycles. The van der Waals surface area contributed by atoms with Crippen LogP contribution in [0.5, 0.6) is 0 Å². The van der Waals surface area contributed by atoms with Crippen LogP contribution in [0.25, 0.3) is 11.7 Å². The largest absolute Gasteiger partial charge is 0.395 e. The molecule has 10 heteroatoms. The Morgan fingerprint density at radius 2 is 1.86 bits per heavy atom. The third-order valence-corrected chi connectivity index (χ3v) is 7.85. The number of carbonyl (C=O) groups is 1. The van der Waals surface area contributed by atoms with E-state index in [0.29, 0.717) is 52.4 Å². The number of pyridine rings is 1. The van der Waals surface area contributed by atoms with Gasteiger partial charge in [-0.3, -0.25) is 23.8 Å². The highest BCUT2D eigenvalue weighted by Crippen LogP contribution is 2.34. The lowest BCUT2D eigenvalue weighted by molar-refractivity contribution is -0.122. The number of amides is 1. The molecule has 0 aliphatic carbocycles. The summed E-state index contributed by atoms with van der Waals surface area (Å²) in [7, 11) is 0. The van der Waals surface area contributed by atoms with Gasteiger partial charge < -0.3 is 10.0 Å². The van der Waals surface area contributed by atoms with Crippen molar-refractivity contribution >= 4 is 51.7 Å². The van der Waals surface area contributed by atoms with Gasteiger partial charge >= 0.3 is 0 Å². The Kier molecular flexibility index (Phi) is 8.94. The zero-order chi connectivity index (χ0) is 24.8. The number of aliphatic hydroxyl groups excluding tert-OH is 1. The van der Waals surface area contributed by atoms with E-state index in [1.165, 1.54) is 29.0 Å². The van der Waals surface area contributed by atoms with Gasteiger partial charge in [0.05, 0.1) is 17.1 Å². The molecular formula is C25H33N5O3S2. The third-order valence-electron chi connectivity index (χ3n) is 6.47. The number of thiocarbonyl (C=S) groups is 1. The average Bonchev–Trinajstić information content (AvgIpc) is 3.13. The minimum absolute atomic E-state index is 0.126. The molecule has 1 N–H and O–H groups in total. The van der Waals surface area contributed by atoms with Crippen molar-refractivity contribution in [2.75, 3.05) is 50.8 Å². The van der Waals surface area contributed by atoms with E-state index in [-0.39, 0.29) is 18.1 Å².